The van der Waals surface area contributed by atoms with Gasteiger partial charge in [0.05, 0.1) is 24.4 Å². The molecule has 1 unspecified atom stereocenters. The van der Waals surface area contributed by atoms with Crippen LogP contribution in [0.1, 0.15) is 39.9 Å². The van der Waals surface area contributed by atoms with E-state index in [0.29, 0.717) is 0 Å². The highest BCUT2D eigenvalue weighted by molar-refractivity contribution is 6.32. The Morgan fingerprint density at radius 1 is 0.926 bits per heavy atom. The van der Waals surface area contributed by atoms with Gasteiger partial charge in [-0.25, -0.2) is 0 Å². The number of ketones is 1. The Hall–Kier alpha value is -3.20. The summed E-state index contributed by atoms with van der Waals surface area (Å²) in [5.41, 5.74) is 5.52. The number of aliphatic imine (C=N–C) groups is 1. The summed E-state index contributed by atoms with van der Waals surface area (Å²) in [6.45, 7) is 2.13. The summed E-state index contributed by atoms with van der Waals surface area (Å²) in [6, 6.07) is 23.6. The zero-order chi connectivity index (χ0) is 18.8. The predicted octanol–water partition coefficient (Wildman–Crippen LogP) is 5.36. The first-order valence-electron chi connectivity index (χ1n) is 9.16. The summed E-state index contributed by atoms with van der Waals surface area (Å²) in [4.78, 5) is 18.1. The summed E-state index contributed by atoms with van der Waals surface area (Å²) in [7, 11) is 1.64. The molecule has 3 aromatic carbocycles. The minimum absolute atomic E-state index is 0.0983. The Kier molecular flexibility index (Phi) is 4.59. The number of Topliss-reactive ketones (excluding diaryl/α,β-unsaturated/α-hetero) is 1. The van der Waals surface area contributed by atoms with E-state index in [-0.39, 0.29) is 5.78 Å². The number of fused-ring (bicyclic) bond motifs is 1. The Balaban J connectivity index is 1.85. The van der Waals surface area contributed by atoms with Gasteiger partial charge in [0.2, 0.25) is 0 Å². The number of benzene rings is 3. The number of ether oxygens (including phenoxy) is 1. The predicted molar refractivity (Wildman–Crippen MR) is 109 cm³/mol. The summed E-state index contributed by atoms with van der Waals surface area (Å²) >= 11 is 0. The van der Waals surface area contributed by atoms with Gasteiger partial charge in [-0.2, -0.15) is 0 Å². The molecule has 0 saturated carbocycles. The Bertz CT molecular complexity index is 1020. The van der Waals surface area contributed by atoms with Gasteiger partial charge in [0.15, 0.2) is 5.78 Å². The zero-order valence-electron chi connectivity index (χ0n) is 15.5. The molecule has 4 rings (SSSR count). The van der Waals surface area contributed by atoms with E-state index in [4.69, 9.17) is 9.73 Å². The third kappa shape index (κ3) is 3.17. The molecule has 0 aromatic heterocycles. The van der Waals surface area contributed by atoms with Gasteiger partial charge >= 0.3 is 0 Å². The quantitative estimate of drug-likeness (QED) is 0.632. The largest absolute Gasteiger partial charge is 0.497 e. The topological polar surface area (TPSA) is 38.7 Å². The summed E-state index contributed by atoms with van der Waals surface area (Å²) in [5.74, 6) is 0.482. The first-order valence-corrected chi connectivity index (χ1v) is 9.16. The fourth-order valence-corrected chi connectivity index (χ4v) is 3.57. The molecule has 1 atom stereocenters. The number of aryl methyl sites for hydroxylation is 1. The number of carbonyl (C=O) groups excluding carboxylic acids is 1. The van der Waals surface area contributed by atoms with Gasteiger partial charge in [-0.1, -0.05) is 55.5 Å². The highest BCUT2D eigenvalue weighted by Crippen LogP contribution is 2.36. The highest BCUT2D eigenvalue weighted by Gasteiger charge is 2.37. The fraction of sp³-hybridized carbons (Fsp3) is 0.167. The average Bonchev–Trinajstić information content (AvgIpc) is 3.00. The lowest BCUT2D eigenvalue weighted by atomic mass is 9.93. The lowest BCUT2D eigenvalue weighted by Gasteiger charge is -2.12. The number of carbonyl (C=O) groups is 1. The third-order valence-electron chi connectivity index (χ3n) is 5.02. The van der Waals surface area contributed by atoms with Gasteiger partial charge in [-0.15, -0.1) is 0 Å². The zero-order valence-corrected chi connectivity index (χ0v) is 15.5. The van der Waals surface area contributed by atoms with Crippen LogP contribution in [0.4, 0.5) is 5.69 Å². The molecule has 0 amide bonds. The Morgan fingerprint density at radius 3 is 2.37 bits per heavy atom. The lowest BCUT2D eigenvalue weighted by Crippen LogP contribution is -2.13. The molecule has 1 aliphatic rings. The van der Waals surface area contributed by atoms with E-state index in [9.17, 15) is 4.79 Å². The number of rotatable bonds is 4. The molecule has 0 N–H and O–H groups in total. The van der Waals surface area contributed by atoms with E-state index in [1.165, 1.54) is 5.56 Å². The van der Waals surface area contributed by atoms with Crippen LogP contribution in [-0.2, 0) is 6.42 Å². The molecule has 1 aliphatic carbocycles. The number of nitrogens with zero attached hydrogens (tertiary/aromatic N) is 1. The molecule has 0 radical (unpaired) electrons. The Morgan fingerprint density at radius 2 is 1.67 bits per heavy atom. The molecule has 3 nitrogen and oxygen atoms in total. The minimum Gasteiger partial charge on any atom is -0.497 e. The normalized spacial score (nSPS) is 17.2. The number of methoxy groups -OCH3 is 1. The van der Waals surface area contributed by atoms with Crippen LogP contribution in [0.25, 0.3) is 0 Å². The highest BCUT2D eigenvalue weighted by atomic mass is 16.5. The first-order chi connectivity index (χ1) is 13.2. The second kappa shape index (κ2) is 7.20. The number of hydrogen-bond donors (Lipinski definition) is 0. The van der Waals surface area contributed by atoms with Gasteiger partial charge in [0.1, 0.15) is 5.75 Å². The molecule has 0 heterocycles. The maximum Gasteiger partial charge on any atom is 0.176 e. The van der Waals surface area contributed by atoms with E-state index in [0.717, 1.165) is 40.3 Å². The third-order valence-corrected chi connectivity index (χ3v) is 5.02. The molecule has 0 bridgehead atoms. The smallest absolute Gasteiger partial charge is 0.176 e. The molecule has 3 aromatic rings. The molecular formula is C24H21NO2. The molecular weight excluding hydrogens is 334 g/mol. The summed E-state index contributed by atoms with van der Waals surface area (Å²) < 4.78 is 5.25. The van der Waals surface area contributed by atoms with Crippen molar-refractivity contribution in [3.63, 3.8) is 0 Å². The molecule has 0 spiro atoms. The van der Waals surface area contributed by atoms with Crippen LogP contribution in [0.2, 0.25) is 0 Å². The maximum atomic E-state index is 13.2. The second-order valence-electron chi connectivity index (χ2n) is 6.64. The van der Waals surface area contributed by atoms with E-state index in [1.807, 2.05) is 60.7 Å². The molecule has 3 heteroatoms. The lowest BCUT2D eigenvalue weighted by molar-refractivity contribution is 0.0988. The first kappa shape index (κ1) is 17.2. The van der Waals surface area contributed by atoms with Gasteiger partial charge in [-0.3, -0.25) is 9.79 Å². The van der Waals surface area contributed by atoms with E-state index in [1.54, 1.807) is 7.11 Å². The minimum atomic E-state index is -0.390. The van der Waals surface area contributed by atoms with Gasteiger partial charge in [0.25, 0.3) is 0 Å². The van der Waals surface area contributed by atoms with Crippen molar-refractivity contribution in [2.45, 2.75) is 19.3 Å². The van der Waals surface area contributed by atoms with Crippen molar-refractivity contribution in [1.82, 2.24) is 0 Å². The molecule has 134 valence electrons. The van der Waals surface area contributed by atoms with E-state index < -0.39 is 5.92 Å². The number of hydrogen-bond acceptors (Lipinski definition) is 3. The van der Waals surface area contributed by atoms with Crippen LogP contribution in [0.3, 0.4) is 0 Å². The van der Waals surface area contributed by atoms with Crippen LogP contribution in [0.5, 0.6) is 5.75 Å². The Labute approximate surface area is 159 Å². The molecule has 0 saturated heterocycles. The summed E-state index contributed by atoms with van der Waals surface area (Å²) in [6.07, 6.45) is 0.954. The van der Waals surface area contributed by atoms with Gasteiger partial charge < -0.3 is 4.74 Å². The maximum absolute atomic E-state index is 13.2. The van der Waals surface area contributed by atoms with Crippen LogP contribution >= 0.6 is 0 Å². The van der Waals surface area contributed by atoms with Crippen LogP contribution in [0.15, 0.2) is 77.8 Å². The standard InChI is InChI=1S/C24H21NO2/c1-3-16-7-6-8-18(15-16)25-23-20-9-4-5-10-21(20)24(26)22(23)17-11-13-19(27-2)14-12-17/h4-15,22H,3H2,1-2H3. The van der Waals surface area contributed by atoms with Crippen molar-refractivity contribution < 1.29 is 9.53 Å². The molecule has 27 heavy (non-hydrogen) atoms. The van der Waals surface area contributed by atoms with Gasteiger partial charge in [-0.05, 0) is 41.8 Å². The fourth-order valence-electron chi connectivity index (χ4n) is 3.57. The van der Waals surface area contributed by atoms with Crippen LogP contribution < -0.4 is 4.74 Å². The van der Waals surface area contributed by atoms with Crippen molar-refractivity contribution in [2.75, 3.05) is 7.11 Å². The summed E-state index contributed by atoms with van der Waals surface area (Å²) in [5, 5.41) is 0. The van der Waals surface area contributed by atoms with Crippen molar-refractivity contribution in [3.8, 4) is 5.75 Å². The van der Waals surface area contributed by atoms with E-state index >= 15 is 0 Å². The molecule has 0 aliphatic heterocycles. The second-order valence-corrected chi connectivity index (χ2v) is 6.64. The monoisotopic (exact) mass is 355 g/mol. The van der Waals surface area contributed by atoms with Gasteiger partial charge in [0, 0.05) is 11.1 Å². The van der Waals surface area contributed by atoms with E-state index in [2.05, 4.69) is 19.1 Å². The van der Waals surface area contributed by atoms with Crippen molar-refractivity contribution in [3.05, 3.63) is 95.1 Å². The van der Waals surface area contributed by atoms with Crippen molar-refractivity contribution in [2.24, 2.45) is 4.99 Å². The van der Waals surface area contributed by atoms with Crippen LogP contribution in [0, 0.1) is 0 Å². The van der Waals surface area contributed by atoms with Crippen LogP contribution in [-0.4, -0.2) is 18.6 Å². The van der Waals surface area contributed by atoms with Crippen molar-refractivity contribution in [1.29, 1.82) is 0 Å². The average molecular weight is 355 g/mol. The SMILES string of the molecule is CCc1cccc(N=C2c3ccccc3C(=O)C2c2ccc(OC)cc2)c1. The van der Waals surface area contributed by atoms with Crippen molar-refractivity contribution >= 4 is 17.2 Å². The molecule has 0 fully saturated rings.